The Bertz CT molecular complexity index is 521. The number of benzene rings is 1. The highest BCUT2D eigenvalue weighted by atomic mass is 32.1. The average molecular weight is 290 g/mol. The zero-order valence-electron chi connectivity index (χ0n) is 12.2. The summed E-state index contributed by atoms with van der Waals surface area (Å²) in [5.41, 5.74) is 7.61. The lowest BCUT2D eigenvalue weighted by Crippen LogP contribution is -2.47. The van der Waals surface area contributed by atoms with Gasteiger partial charge in [-0.25, -0.2) is 0 Å². The van der Waals surface area contributed by atoms with Crippen molar-refractivity contribution >= 4 is 23.1 Å². The van der Waals surface area contributed by atoms with Gasteiger partial charge in [0, 0.05) is 13.6 Å². The van der Waals surface area contributed by atoms with Crippen LogP contribution in [0.2, 0.25) is 0 Å². The van der Waals surface area contributed by atoms with E-state index in [2.05, 4.69) is 19.1 Å². The second-order valence-electron chi connectivity index (χ2n) is 5.80. The molecule has 0 aliphatic heterocycles. The van der Waals surface area contributed by atoms with Gasteiger partial charge in [-0.1, -0.05) is 54.9 Å². The van der Waals surface area contributed by atoms with Crippen molar-refractivity contribution in [3.05, 3.63) is 35.4 Å². The van der Waals surface area contributed by atoms with Crippen LogP contribution in [0, 0.1) is 12.3 Å². The molecule has 20 heavy (non-hydrogen) atoms. The molecule has 1 aliphatic carbocycles. The number of thiocarbonyl (C=S) groups is 1. The van der Waals surface area contributed by atoms with Crippen LogP contribution in [0.15, 0.2) is 24.3 Å². The molecular formula is C16H22N2OS. The summed E-state index contributed by atoms with van der Waals surface area (Å²) in [5.74, 6) is 0.0732. The molecule has 2 rings (SSSR count). The highest BCUT2D eigenvalue weighted by Gasteiger charge is 2.45. The minimum atomic E-state index is -0.603. The van der Waals surface area contributed by atoms with E-state index in [1.54, 1.807) is 4.90 Å². The van der Waals surface area contributed by atoms with Crippen molar-refractivity contribution in [1.29, 1.82) is 0 Å². The maximum absolute atomic E-state index is 12.8. The van der Waals surface area contributed by atoms with Gasteiger partial charge in [-0.2, -0.15) is 0 Å². The second-order valence-corrected chi connectivity index (χ2v) is 6.24. The molecule has 0 saturated heterocycles. The normalized spacial score (nSPS) is 16.9. The number of rotatable bonds is 4. The Hall–Kier alpha value is -1.42. The molecule has 0 atom stereocenters. The Morgan fingerprint density at radius 1 is 1.40 bits per heavy atom. The molecular weight excluding hydrogens is 268 g/mol. The van der Waals surface area contributed by atoms with Crippen LogP contribution in [-0.2, 0) is 11.3 Å². The van der Waals surface area contributed by atoms with Crippen LogP contribution in [0.4, 0.5) is 0 Å². The zero-order chi connectivity index (χ0) is 14.8. The molecule has 1 saturated carbocycles. The highest BCUT2D eigenvalue weighted by molar-refractivity contribution is 7.80. The largest absolute Gasteiger partial charge is 0.392 e. The lowest BCUT2D eigenvalue weighted by Gasteiger charge is -2.31. The monoisotopic (exact) mass is 290 g/mol. The lowest BCUT2D eigenvalue weighted by molar-refractivity contribution is -0.137. The molecule has 3 nitrogen and oxygen atoms in total. The van der Waals surface area contributed by atoms with Crippen LogP contribution in [-0.4, -0.2) is 22.8 Å². The third-order valence-corrected chi connectivity index (χ3v) is 4.58. The van der Waals surface area contributed by atoms with Gasteiger partial charge in [0.15, 0.2) is 0 Å². The first kappa shape index (κ1) is 15.0. The van der Waals surface area contributed by atoms with Crippen LogP contribution in [0.1, 0.15) is 36.8 Å². The first-order valence-electron chi connectivity index (χ1n) is 7.07. The molecule has 1 aliphatic rings. The maximum atomic E-state index is 12.8. The molecule has 108 valence electrons. The van der Waals surface area contributed by atoms with E-state index in [4.69, 9.17) is 18.0 Å². The number of hydrogen-bond donors (Lipinski definition) is 1. The topological polar surface area (TPSA) is 46.3 Å². The molecule has 0 heterocycles. The number of aryl methyl sites for hydroxylation is 1. The third-order valence-electron chi connectivity index (χ3n) is 4.19. The van der Waals surface area contributed by atoms with E-state index in [1.807, 2.05) is 19.2 Å². The molecule has 0 unspecified atom stereocenters. The molecule has 1 fully saturated rings. The molecule has 0 radical (unpaired) electrons. The van der Waals surface area contributed by atoms with E-state index < -0.39 is 5.41 Å². The van der Waals surface area contributed by atoms with E-state index in [9.17, 15) is 4.79 Å². The number of nitrogens with zero attached hydrogens (tertiary/aromatic N) is 1. The van der Waals surface area contributed by atoms with Crippen molar-refractivity contribution in [3.63, 3.8) is 0 Å². The van der Waals surface area contributed by atoms with Crippen molar-refractivity contribution in [2.24, 2.45) is 11.1 Å². The van der Waals surface area contributed by atoms with Crippen LogP contribution < -0.4 is 5.73 Å². The Morgan fingerprint density at radius 3 is 2.60 bits per heavy atom. The van der Waals surface area contributed by atoms with Gasteiger partial charge in [0.05, 0.1) is 10.4 Å². The van der Waals surface area contributed by atoms with Gasteiger partial charge < -0.3 is 10.6 Å². The Labute approximate surface area is 126 Å². The van der Waals surface area contributed by atoms with Gasteiger partial charge in [-0.3, -0.25) is 4.79 Å². The minimum absolute atomic E-state index is 0.0732. The molecule has 0 aromatic heterocycles. The standard InChI is InChI=1S/C16H22N2OS/c1-12-6-5-7-13(10-12)11-18(2)15(19)16(14(17)20)8-3-4-9-16/h5-7,10H,3-4,8-9,11H2,1-2H3,(H2,17,20). The SMILES string of the molecule is Cc1cccc(CN(C)C(=O)C2(C(N)=S)CCCC2)c1. The van der Waals surface area contributed by atoms with Gasteiger partial charge in [0.1, 0.15) is 0 Å². The van der Waals surface area contributed by atoms with E-state index >= 15 is 0 Å². The molecule has 0 spiro atoms. The molecule has 4 heteroatoms. The van der Waals surface area contributed by atoms with Gasteiger partial charge in [0.2, 0.25) is 5.91 Å². The summed E-state index contributed by atoms with van der Waals surface area (Å²) >= 11 is 5.18. The number of carbonyl (C=O) groups is 1. The van der Waals surface area contributed by atoms with E-state index in [-0.39, 0.29) is 5.91 Å². The Morgan fingerprint density at radius 2 is 2.05 bits per heavy atom. The fourth-order valence-corrected chi connectivity index (χ4v) is 3.36. The fraction of sp³-hybridized carbons (Fsp3) is 0.500. The van der Waals surface area contributed by atoms with Crippen LogP contribution in [0.3, 0.4) is 0 Å². The smallest absolute Gasteiger partial charge is 0.235 e. The summed E-state index contributed by atoms with van der Waals surface area (Å²) in [4.78, 5) is 14.9. The van der Waals surface area contributed by atoms with Gasteiger partial charge >= 0.3 is 0 Å². The van der Waals surface area contributed by atoms with Crippen molar-refractivity contribution in [1.82, 2.24) is 4.90 Å². The first-order valence-corrected chi connectivity index (χ1v) is 7.47. The minimum Gasteiger partial charge on any atom is -0.392 e. The third kappa shape index (κ3) is 2.85. The van der Waals surface area contributed by atoms with Gasteiger partial charge in [0.25, 0.3) is 0 Å². The molecule has 2 N–H and O–H groups in total. The van der Waals surface area contributed by atoms with Gasteiger partial charge in [-0.05, 0) is 25.3 Å². The van der Waals surface area contributed by atoms with Crippen LogP contribution in [0.5, 0.6) is 0 Å². The maximum Gasteiger partial charge on any atom is 0.235 e. The quantitative estimate of drug-likeness (QED) is 0.867. The lowest BCUT2D eigenvalue weighted by atomic mass is 9.84. The molecule has 1 amide bonds. The van der Waals surface area contributed by atoms with Crippen molar-refractivity contribution in [3.8, 4) is 0 Å². The van der Waals surface area contributed by atoms with Crippen LogP contribution >= 0.6 is 12.2 Å². The summed E-state index contributed by atoms with van der Waals surface area (Å²) in [5, 5.41) is 0. The molecule has 0 bridgehead atoms. The average Bonchev–Trinajstić information content (AvgIpc) is 2.88. The summed E-state index contributed by atoms with van der Waals surface area (Å²) in [6, 6.07) is 8.21. The number of carbonyl (C=O) groups excluding carboxylic acids is 1. The highest BCUT2D eigenvalue weighted by Crippen LogP contribution is 2.40. The number of amides is 1. The van der Waals surface area contributed by atoms with Crippen LogP contribution in [0.25, 0.3) is 0 Å². The predicted molar refractivity (Wildman–Crippen MR) is 85.3 cm³/mol. The van der Waals surface area contributed by atoms with E-state index in [1.165, 1.54) is 5.56 Å². The van der Waals surface area contributed by atoms with E-state index in [0.29, 0.717) is 11.5 Å². The predicted octanol–water partition coefficient (Wildman–Crippen LogP) is 2.80. The van der Waals surface area contributed by atoms with Gasteiger partial charge in [-0.15, -0.1) is 0 Å². The summed E-state index contributed by atoms with van der Waals surface area (Å²) in [6.07, 6.45) is 3.64. The van der Waals surface area contributed by atoms with Crippen molar-refractivity contribution < 1.29 is 4.79 Å². The summed E-state index contributed by atoms with van der Waals surface area (Å²) < 4.78 is 0. The first-order chi connectivity index (χ1) is 9.45. The Balaban J connectivity index is 2.14. The molecule has 1 aromatic rings. The number of hydrogen-bond acceptors (Lipinski definition) is 2. The second kappa shape index (κ2) is 5.92. The zero-order valence-corrected chi connectivity index (χ0v) is 13.0. The fourth-order valence-electron chi connectivity index (χ4n) is 3.07. The summed E-state index contributed by atoms with van der Waals surface area (Å²) in [6.45, 7) is 2.66. The number of nitrogens with two attached hydrogens (primary N) is 1. The van der Waals surface area contributed by atoms with Crippen molar-refractivity contribution in [2.75, 3.05) is 7.05 Å². The Kier molecular flexibility index (Phi) is 4.43. The summed E-state index contributed by atoms with van der Waals surface area (Å²) in [7, 11) is 1.84. The van der Waals surface area contributed by atoms with Crippen molar-refractivity contribution in [2.45, 2.75) is 39.2 Å². The van der Waals surface area contributed by atoms with E-state index in [0.717, 1.165) is 31.2 Å². The molecule has 1 aromatic carbocycles.